The van der Waals surface area contributed by atoms with Gasteiger partial charge in [0.1, 0.15) is 11.3 Å². The largest absolute Gasteiger partial charge is 0.325 e. The van der Waals surface area contributed by atoms with Gasteiger partial charge >= 0.3 is 0 Å². The number of fused-ring (bicyclic) bond motifs is 1. The molecule has 2 aromatic rings. The minimum Gasteiger partial charge on any atom is -0.325 e. The number of thioether (sulfide) groups is 1. The van der Waals surface area contributed by atoms with Crippen LogP contribution >= 0.6 is 23.4 Å². The Labute approximate surface area is 126 Å². The first kappa shape index (κ1) is 15.6. The Morgan fingerprint density at radius 2 is 2.15 bits per heavy atom. The van der Waals surface area contributed by atoms with E-state index in [0.717, 1.165) is 12.5 Å². The second-order valence-corrected chi connectivity index (χ2v) is 6.34. The van der Waals surface area contributed by atoms with Gasteiger partial charge in [0.2, 0.25) is 0 Å². The first-order valence-corrected chi connectivity index (χ1v) is 8.32. The molecule has 0 radical (unpaired) electrons. The Morgan fingerprint density at radius 1 is 1.40 bits per heavy atom. The molecule has 1 heterocycles. The van der Waals surface area contributed by atoms with Crippen LogP contribution in [0.2, 0.25) is 0 Å². The zero-order chi connectivity index (χ0) is 14.7. The second kappa shape index (κ2) is 6.76. The number of alkyl halides is 1. The molecule has 6 heteroatoms. The van der Waals surface area contributed by atoms with Crippen molar-refractivity contribution < 1.29 is 8.78 Å². The molecule has 20 heavy (non-hydrogen) atoms. The van der Waals surface area contributed by atoms with E-state index in [1.807, 2.05) is 6.26 Å². The normalized spacial score (nSPS) is 13.1. The zero-order valence-corrected chi connectivity index (χ0v) is 13.1. The fraction of sp³-hybridized carbons (Fsp3) is 0.500. The van der Waals surface area contributed by atoms with Gasteiger partial charge in [-0.3, -0.25) is 0 Å². The Bertz CT molecular complexity index is 600. The minimum atomic E-state index is -0.839. The van der Waals surface area contributed by atoms with E-state index < -0.39 is 11.6 Å². The number of benzene rings is 1. The Balaban J connectivity index is 2.46. The average molecular weight is 319 g/mol. The molecule has 0 aliphatic carbocycles. The van der Waals surface area contributed by atoms with Crippen molar-refractivity contribution in [3.05, 3.63) is 29.6 Å². The number of aromatic nitrogens is 2. The monoisotopic (exact) mass is 318 g/mol. The van der Waals surface area contributed by atoms with Crippen LogP contribution in [-0.4, -0.2) is 26.9 Å². The molecule has 1 unspecified atom stereocenters. The van der Waals surface area contributed by atoms with Crippen molar-refractivity contribution in [3.8, 4) is 0 Å². The molecule has 0 amide bonds. The van der Waals surface area contributed by atoms with Crippen LogP contribution in [0, 0.1) is 11.6 Å². The van der Waals surface area contributed by atoms with Gasteiger partial charge < -0.3 is 4.57 Å². The first-order chi connectivity index (χ1) is 9.58. The lowest BCUT2D eigenvalue weighted by atomic mass is 10.2. The van der Waals surface area contributed by atoms with Gasteiger partial charge in [0.15, 0.2) is 11.6 Å². The molecule has 0 saturated carbocycles. The predicted octanol–water partition coefficient (Wildman–Crippen LogP) is 4.24. The topological polar surface area (TPSA) is 17.8 Å². The molecule has 0 spiro atoms. The van der Waals surface area contributed by atoms with Crippen LogP contribution in [0.5, 0.6) is 0 Å². The molecular weight excluding hydrogens is 302 g/mol. The quantitative estimate of drug-likeness (QED) is 0.741. The van der Waals surface area contributed by atoms with E-state index >= 15 is 0 Å². The minimum absolute atomic E-state index is 0.249. The van der Waals surface area contributed by atoms with Crippen LogP contribution in [0.15, 0.2) is 12.1 Å². The molecule has 2 rings (SSSR count). The Kier molecular flexibility index (Phi) is 5.27. The lowest BCUT2D eigenvalue weighted by Crippen LogP contribution is -2.09. The van der Waals surface area contributed by atoms with Crippen molar-refractivity contribution in [3.63, 3.8) is 0 Å². The number of nitrogens with zero attached hydrogens (tertiary/aromatic N) is 2. The number of imidazole rings is 1. The molecule has 0 bridgehead atoms. The maximum Gasteiger partial charge on any atom is 0.184 e. The van der Waals surface area contributed by atoms with E-state index in [-0.39, 0.29) is 5.52 Å². The molecule has 0 fully saturated rings. The molecule has 1 aromatic carbocycles. The maximum atomic E-state index is 14.0. The van der Waals surface area contributed by atoms with Gasteiger partial charge in [-0.25, -0.2) is 13.8 Å². The summed E-state index contributed by atoms with van der Waals surface area (Å²) in [5.41, 5.74) is 0.735. The fourth-order valence-corrected chi connectivity index (χ4v) is 2.66. The lowest BCUT2D eigenvalue weighted by Gasteiger charge is -2.12. The van der Waals surface area contributed by atoms with E-state index in [9.17, 15) is 8.78 Å². The molecule has 1 aromatic heterocycles. The SMILES string of the molecule is CSC(C)CCn1c(CCCl)nc2ccc(F)c(F)c21. The van der Waals surface area contributed by atoms with Crippen molar-refractivity contribution in [1.82, 2.24) is 9.55 Å². The Morgan fingerprint density at radius 3 is 2.80 bits per heavy atom. The van der Waals surface area contributed by atoms with Crippen molar-refractivity contribution in [2.75, 3.05) is 12.1 Å². The highest BCUT2D eigenvalue weighted by Crippen LogP contribution is 2.24. The summed E-state index contributed by atoms with van der Waals surface area (Å²) in [5.74, 6) is -0.541. The van der Waals surface area contributed by atoms with Crippen LogP contribution in [-0.2, 0) is 13.0 Å². The molecule has 2 nitrogen and oxygen atoms in total. The van der Waals surface area contributed by atoms with E-state index in [1.165, 1.54) is 6.07 Å². The Hall–Kier alpha value is -0.810. The smallest absolute Gasteiger partial charge is 0.184 e. The van der Waals surface area contributed by atoms with Crippen molar-refractivity contribution in [2.45, 2.75) is 31.6 Å². The summed E-state index contributed by atoms with van der Waals surface area (Å²) >= 11 is 7.52. The molecule has 0 aliphatic rings. The number of halogens is 3. The van der Waals surface area contributed by atoms with Crippen LogP contribution in [0.3, 0.4) is 0 Å². The number of rotatable bonds is 6. The van der Waals surface area contributed by atoms with E-state index in [1.54, 1.807) is 16.3 Å². The van der Waals surface area contributed by atoms with Crippen molar-refractivity contribution in [1.29, 1.82) is 0 Å². The van der Waals surface area contributed by atoms with Crippen LogP contribution in [0.4, 0.5) is 8.78 Å². The van der Waals surface area contributed by atoms with Gasteiger partial charge in [0, 0.05) is 24.1 Å². The highest BCUT2D eigenvalue weighted by atomic mass is 35.5. The standard InChI is InChI=1S/C14H17ClF2N2S/c1-9(20-2)6-8-19-12(5-7-15)18-11-4-3-10(16)13(17)14(11)19/h3-4,9H,5-8H2,1-2H3. The average Bonchev–Trinajstić information content (AvgIpc) is 2.79. The molecular formula is C14H17ClF2N2S. The molecule has 0 saturated heterocycles. The molecule has 0 N–H and O–H groups in total. The van der Waals surface area contributed by atoms with Gasteiger partial charge in [-0.15, -0.1) is 11.6 Å². The van der Waals surface area contributed by atoms with Gasteiger partial charge in [0.05, 0.1) is 5.52 Å². The van der Waals surface area contributed by atoms with Crippen molar-refractivity contribution >= 4 is 34.4 Å². The second-order valence-electron chi connectivity index (χ2n) is 4.68. The third kappa shape index (κ3) is 3.09. The number of hydrogen-bond donors (Lipinski definition) is 0. The van der Waals surface area contributed by atoms with Crippen molar-refractivity contribution in [2.24, 2.45) is 0 Å². The summed E-state index contributed by atoms with van der Waals surface area (Å²) in [4.78, 5) is 4.37. The van der Waals surface area contributed by atoms with Crippen LogP contribution < -0.4 is 0 Å². The van der Waals surface area contributed by atoms with E-state index in [2.05, 4.69) is 11.9 Å². The summed E-state index contributed by atoms with van der Waals surface area (Å²) in [6.45, 7) is 2.73. The van der Waals surface area contributed by atoms with Gasteiger partial charge in [-0.05, 0) is 24.8 Å². The van der Waals surface area contributed by atoms with Gasteiger partial charge in [0.25, 0.3) is 0 Å². The fourth-order valence-electron chi connectivity index (χ4n) is 2.15. The predicted molar refractivity (Wildman–Crippen MR) is 81.7 cm³/mol. The highest BCUT2D eigenvalue weighted by molar-refractivity contribution is 7.99. The number of aryl methyl sites for hydroxylation is 2. The molecule has 1 atom stereocenters. The summed E-state index contributed by atoms with van der Waals surface area (Å²) in [7, 11) is 0. The van der Waals surface area contributed by atoms with Crippen LogP contribution in [0.25, 0.3) is 11.0 Å². The molecule has 110 valence electrons. The summed E-state index contributed by atoms with van der Waals surface area (Å²) in [5, 5.41) is 0.452. The third-order valence-electron chi connectivity index (χ3n) is 3.36. The summed E-state index contributed by atoms with van der Waals surface area (Å²) < 4.78 is 29.3. The summed E-state index contributed by atoms with van der Waals surface area (Å²) in [6.07, 6.45) is 3.46. The van der Waals surface area contributed by atoms with Crippen LogP contribution in [0.1, 0.15) is 19.2 Å². The van der Waals surface area contributed by atoms with E-state index in [4.69, 9.17) is 11.6 Å². The molecule has 0 aliphatic heterocycles. The van der Waals surface area contributed by atoms with Gasteiger partial charge in [-0.2, -0.15) is 11.8 Å². The van der Waals surface area contributed by atoms with Gasteiger partial charge in [-0.1, -0.05) is 6.92 Å². The van der Waals surface area contributed by atoms with E-state index in [0.29, 0.717) is 35.4 Å². The first-order valence-electron chi connectivity index (χ1n) is 6.50. The lowest BCUT2D eigenvalue weighted by molar-refractivity contribution is 0.508. The maximum absolute atomic E-state index is 14.0. The zero-order valence-electron chi connectivity index (χ0n) is 11.5. The summed E-state index contributed by atoms with van der Waals surface area (Å²) in [6, 6.07) is 2.63. The highest BCUT2D eigenvalue weighted by Gasteiger charge is 2.17. The third-order valence-corrected chi connectivity index (χ3v) is 4.59. The number of hydrogen-bond acceptors (Lipinski definition) is 2.